The summed E-state index contributed by atoms with van der Waals surface area (Å²) in [6, 6.07) is 0. The molecule has 218 valence electrons. The lowest BCUT2D eigenvalue weighted by molar-refractivity contribution is -0.0289. The Bertz CT molecular complexity index is 1580. The molecule has 17 heteroatoms. The number of aromatic amines is 1. The second kappa shape index (κ2) is 11.8. The van der Waals surface area contributed by atoms with Gasteiger partial charge in [0.05, 0.1) is 24.3 Å². The number of anilines is 2. The highest BCUT2D eigenvalue weighted by atomic mass is 32.2. The number of hydrogen-bond acceptors (Lipinski definition) is 15. The fourth-order valence-electron chi connectivity index (χ4n) is 5.19. The highest BCUT2D eigenvalue weighted by Gasteiger charge is 2.44. The number of fused-ring (bicyclic) bond motifs is 2. The number of nitrogens with one attached hydrogen (secondary N) is 2. The topological polar surface area (TPSA) is 232 Å². The standard InChI is InChI=1S/C24H32N12O4S/c25-19-15-21(30-10-29-19)36(11-31-15)23-18(38)17(37)14(40-23)9-41-13-1-4-35(5-2-13)6-3-27-7-12-8-28-20-16(32-12)22(39)34-24(26)33-20/h8,10-11,13-14,17-18,23,27,37-38H,1-7,9H2,(H2,25,29,30)(H3,26,28,33,34,39)/t14-,17-,18?,23-/m1/s1. The maximum atomic E-state index is 12.0. The molecule has 4 atom stereocenters. The second-order valence-electron chi connectivity index (χ2n) is 10.2. The van der Waals surface area contributed by atoms with Crippen LogP contribution in [0.4, 0.5) is 11.8 Å². The summed E-state index contributed by atoms with van der Waals surface area (Å²) in [5.41, 5.74) is 13.0. The molecule has 2 fully saturated rings. The Hall–Kier alpha value is -3.48. The van der Waals surface area contributed by atoms with Crippen LogP contribution in [0.15, 0.2) is 23.6 Å². The van der Waals surface area contributed by atoms with Gasteiger partial charge < -0.3 is 36.6 Å². The van der Waals surface area contributed by atoms with Gasteiger partial charge in [0.15, 0.2) is 28.9 Å². The number of piperidine rings is 1. The number of nitrogen functional groups attached to an aromatic ring is 2. The number of ether oxygens (including phenoxy) is 1. The van der Waals surface area contributed by atoms with Crippen molar-refractivity contribution in [2.45, 2.75) is 49.2 Å². The number of nitrogens with zero attached hydrogens (tertiary/aromatic N) is 8. The third kappa shape index (κ3) is 5.81. The first-order valence-electron chi connectivity index (χ1n) is 13.4. The van der Waals surface area contributed by atoms with Gasteiger partial charge in [-0.25, -0.2) is 24.9 Å². The number of hydrogen-bond donors (Lipinski definition) is 6. The largest absolute Gasteiger partial charge is 0.387 e. The number of likely N-dealkylation sites (tertiary alicyclic amines) is 1. The fraction of sp³-hybridized carbons (Fsp3) is 0.542. The molecule has 0 saturated carbocycles. The van der Waals surface area contributed by atoms with Gasteiger partial charge in [-0.15, -0.1) is 0 Å². The lowest BCUT2D eigenvalue weighted by Gasteiger charge is -2.32. The third-order valence-electron chi connectivity index (χ3n) is 7.43. The number of aliphatic hydroxyl groups is 2. The van der Waals surface area contributed by atoms with E-state index >= 15 is 0 Å². The minimum absolute atomic E-state index is 0.0170. The Kier molecular flexibility index (Phi) is 7.96. The number of aromatic nitrogens is 8. The summed E-state index contributed by atoms with van der Waals surface area (Å²) in [6.45, 7) is 4.10. The van der Waals surface area contributed by atoms with E-state index in [0.29, 0.717) is 34.4 Å². The van der Waals surface area contributed by atoms with E-state index in [2.05, 4.69) is 45.1 Å². The van der Waals surface area contributed by atoms with E-state index in [4.69, 9.17) is 16.2 Å². The molecule has 2 aliphatic rings. The van der Waals surface area contributed by atoms with Crippen LogP contribution in [0, 0.1) is 0 Å². The van der Waals surface area contributed by atoms with E-state index in [1.807, 2.05) is 0 Å². The number of rotatable bonds is 9. The van der Waals surface area contributed by atoms with E-state index in [1.54, 1.807) is 22.5 Å². The van der Waals surface area contributed by atoms with Gasteiger partial charge in [-0.05, 0) is 25.9 Å². The van der Waals surface area contributed by atoms with Crippen LogP contribution in [0.25, 0.3) is 22.3 Å². The summed E-state index contributed by atoms with van der Waals surface area (Å²) in [5.74, 6) is 0.836. The molecule has 4 aromatic heterocycles. The van der Waals surface area contributed by atoms with E-state index in [0.717, 1.165) is 39.0 Å². The van der Waals surface area contributed by atoms with Crippen molar-refractivity contribution < 1.29 is 14.9 Å². The van der Waals surface area contributed by atoms with Gasteiger partial charge in [-0.1, -0.05) is 0 Å². The van der Waals surface area contributed by atoms with E-state index < -0.39 is 30.1 Å². The zero-order valence-corrected chi connectivity index (χ0v) is 22.9. The number of imidazole rings is 1. The summed E-state index contributed by atoms with van der Waals surface area (Å²) in [5, 5.41) is 25.2. The van der Waals surface area contributed by atoms with Gasteiger partial charge in [0.1, 0.15) is 24.1 Å². The molecule has 8 N–H and O–H groups in total. The predicted octanol–water partition coefficient (Wildman–Crippen LogP) is -1.38. The van der Waals surface area contributed by atoms with Crippen molar-refractivity contribution in [3.8, 4) is 0 Å². The first-order valence-corrected chi connectivity index (χ1v) is 14.4. The molecule has 2 aliphatic heterocycles. The summed E-state index contributed by atoms with van der Waals surface area (Å²) >= 11 is 1.77. The number of aliphatic hydroxyl groups excluding tert-OH is 2. The van der Waals surface area contributed by atoms with Crippen LogP contribution in [0.2, 0.25) is 0 Å². The highest BCUT2D eigenvalue weighted by molar-refractivity contribution is 7.99. The Morgan fingerprint density at radius 1 is 1.10 bits per heavy atom. The monoisotopic (exact) mass is 584 g/mol. The third-order valence-corrected chi connectivity index (χ3v) is 8.89. The minimum atomic E-state index is -1.11. The van der Waals surface area contributed by atoms with Crippen LogP contribution in [0.5, 0.6) is 0 Å². The lowest BCUT2D eigenvalue weighted by Crippen LogP contribution is -2.39. The fourth-order valence-corrected chi connectivity index (χ4v) is 6.47. The Balaban J connectivity index is 0.927. The van der Waals surface area contributed by atoms with Crippen molar-refractivity contribution in [1.82, 2.24) is 49.7 Å². The van der Waals surface area contributed by atoms with Gasteiger partial charge in [0.2, 0.25) is 5.95 Å². The first-order chi connectivity index (χ1) is 19.9. The Labute approximate surface area is 238 Å². The Morgan fingerprint density at radius 3 is 2.76 bits per heavy atom. The number of nitrogens with two attached hydrogens (primary N) is 2. The van der Waals surface area contributed by atoms with Gasteiger partial charge in [-0.3, -0.25) is 14.3 Å². The maximum absolute atomic E-state index is 12.0. The molecule has 2 saturated heterocycles. The molecule has 0 spiro atoms. The van der Waals surface area contributed by atoms with Crippen molar-refractivity contribution in [3.05, 3.63) is 34.9 Å². The van der Waals surface area contributed by atoms with Crippen molar-refractivity contribution in [3.63, 3.8) is 0 Å². The molecule has 6 rings (SSSR count). The molecule has 0 bridgehead atoms. The van der Waals surface area contributed by atoms with Crippen LogP contribution in [-0.2, 0) is 11.3 Å². The maximum Gasteiger partial charge on any atom is 0.280 e. The van der Waals surface area contributed by atoms with Crippen molar-refractivity contribution >= 4 is 45.9 Å². The number of H-pyrrole nitrogens is 1. The van der Waals surface area contributed by atoms with Crippen LogP contribution >= 0.6 is 11.8 Å². The molecule has 1 unspecified atom stereocenters. The predicted molar refractivity (Wildman–Crippen MR) is 152 cm³/mol. The molecule has 0 amide bonds. The zero-order chi connectivity index (χ0) is 28.5. The molecule has 4 aromatic rings. The lowest BCUT2D eigenvalue weighted by atomic mass is 10.1. The molecular formula is C24H32N12O4S. The normalized spacial score (nSPS) is 24.0. The van der Waals surface area contributed by atoms with Crippen molar-refractivity contribution in [2.24, 2.45) is 0 Å². The van der Waals surface area contributed by atoms with Gasteiger partial charge in [0.25, 0.3) is 5.56 Å². The van der Waals surface area contributed by atoms with Crippen LogP contribution in [-0.4, -0.2) is 110 Å². The van der Waals surface area contributed by atoms with Gasteiger partial charge in [0, 0.05) is 30.6 Å². The first kappa shape index (κ1) is 27.7. The molecular weight excluding hydrogens is 552 g/mol. The van der Waals surface area contributed by atoms with Crippen LogP contribution in [0.1, 0.15) is 24.8 Å². The summed E-state index contributed by atoms with van der Waals surface area (Å²) in [6.07, 6.45) is 3.03. The van der Waals surface area contributed by atoms with Crippen LogP contribution < -0.4 is 22.3 Å². The van der Waals surface area contributed by atoms with E-state index in [1.165, 1.54) is 12.7 Å². The molecule has 0 aromatic carbocycles. The average molecular weight is 585 g/mol. The van der Waals surface area contributed by atoms with Gasteiger partial charge >= 0.3 is 0 Å². The molecule has 6 heterocycles. The second-order valence-corrected chi connectivity index (χ2v) is 11.5. The van der Waals surface area contributed by atoms with Crippen molar-refractivity contribution in [2.75, 3.05) is 43.4 Å². The molecule has 41 heavy (non-hydrogen) atoms. The summed E-state index contributed by atoms with van der Waals surface area (Å²) in [7, 11) is 0. The SMILES string of the molecule is Nc1nc2ncc(CNCCN3CCC(SC[C@H]4O[C@@H](n5cnc6c(N)ncnc65)C(O)[C@@H]4O)CC3)nc2c(=O)[nH]1. The van der Waals surface area contributed by atoms with Gasteiger partial charge in [-0.2, -0.15) is 16.7 Å². The van der Waals surface area contributed by atoms with Crippen LogP contribution in [0.3, 0.4) is 0 Å². The number of thioether (sulfide) groups is 1. The smallest absolute Gasteiger partial charge is 0.280 e. The molecule has 0 aliphatic carbocycles. The molecule has 0 radical (unpaired) electrons. The van der Waals surface area contributed by atoms with Crippen molar-refractivity contribution in [1.29, 1.82) is 0 Å². The summed E-state index contributed by atoms with van der Waals surface area (Å²) < 4.78 is 7.67. The quantitative estimate of drug-likeness (QED) is 0.124. The Morgan fingerprint density at radius 2 is 1.93 bits per heavy atom. The zero-order valence-electron chi connectivity index (χ0n) is 22.1. The summed E-state index contributed by atoms with van der Waals surface area (Å²) in [4.78, 5) is 41.8. The highest BCUT2D eigenvalue weighted by Crippen LogP contribution is 2.35. The minimum Gasteiger partial charge on any atom is -0.387 e. The molecule has 16 nitrogen and oxygen atoms in total. The average Bonchev–Trinajstić information content (AvgIpc) is 3.52. The van der Waals surface area contributed by atoms with E-state index in [9.17, 15) is 15.0 Å². The van der Waals surface area contributed by atoms with E-state index in [-0.39, 0.29) is 22.9 Å².